The lowest BCUT2D eigenvalue weighted by Crippen LogP contribution is -2.05. The molecule has 1 heterocycles. The van der Waals surface area contributed by atoms with Crippen molar-refractivity contribution in [3.05, 3.63) is 34.7 Å². The molecule has 4 nitrogen and oxygen atoms in total. The molecule has 1 aromatic rings. The van der Waals surface area contributed by atoms with Crippen LogP contribution in [-0.2, 0) is 16.4 Å². The molecule has 0 radical (unpaired) electrons. The number of rotatable bonds is 2. The lowest BCUT2D eigenvalue weighted by Gasteiger charge is -2.06. The Bertz CT molecular complexity index is 532. The Labute approximate surface area is 88.5 Å². The summed E-state index contributed by atoms with van der Waals surface area (Å²) < 4.78 is 23.6. The van der Waals surface area contributed by atoms with E-state index in [1.54, 1.807) is 18.2 Å². The first-order chi connectivity index (χ1) is 7.10. The van der Waals surface area contributed by atoms with E-state index in [0.717, 1.165) is 0 Å². The monoisotopic (exact) mass is 224 g/mol. The number of hydrogen-bond donors (Lipinski definition) is 2. The Morgan fingerprint density at radius 2 is 1.87 bits per heavy atom. The van der Waals surface area contributed by atoms with Gasteiger partial charge in [-0.2, -0.15) is 0 Å². The Morgan fingerprint density at radius 3 is 2.47 bits per heavy atom. The molecule has 0 bridgehead atoms. The maximum Gasteiger partial charge on any atom is 0.201 e. The molecule has 0 amide bonds. The van der Waals surface area contributed by atoms with Gasteiger partial charge in [0.05, 0.1) is 4.90 Å². The summed E-state index contributed by atoms with van der Waals surface area (Å²) in [5, 5.41) is 1.23. The predicted octanol–water partition coefficient (Wildman–Crippen LogP) is 0.232. The molecule has 0 atom stereocenters. The van der Waals surface area contributed by atoms with Gasteiger partial charge < -0.3 is 11.5 Å². The molecule has 0 aromatic heterocycles. The summed E-state index contributed by atoms with van der Waals surface area (Å²) in [4.78, 5) is 0.327. The molecule has 5 heteroatoms. The molecule has 0 unspecified atom stereocenters. The van der Waals surface area contributed by atoms with Crippen molar-refractivity contribution in [3.8, 4) is 0 Å². The normalized spacial score (nSPS) is 17.3. The van der Waals surface area contributed by atoms with Crippen LogP contribution in [0.15, 0.2) is 28.5 Å². The summed E-state index contributed by atoms with van der Waals surface area (Å²) in [6, 6.07) is 5.28. The molecule has 0 spiro atoms. The Balaban J connectivity index is 2.77. The van der Waals surface area contributed by atoms with Gasteiger partial charge in [0.15, 0.2) is 0 Å². The molecule has 1 aliphatic heterocycles. The van der Waals surface area contributed by atoms with Crippen molar-refractivity contribution in [1.29, 1.82) is 0 Å². The molecule has 0 saturated carbocycles. The average molecular weight is 224 g/mol. The van der Waals surface area contributed by atoms with Gasteiger partial charge in [-0.1, -0.05) is 18.2 Å². The van der Waals surface area contributed by atoms with Crippen LogP contribution in [0, 0.1) is 0 Å². The molecule has 0 aliphatic carbocycles. The van der Waals surface area contributed by atoms with Crippen LogP contribution in [0.2, 0.25) is 0 Å². The first-order valence-corrected chi connectivity index (χ1v) is 6.13. The van der Waals surface area contributed by atoms with Crippen LogP contribution < -0.4 is 11.5 Å². The number of sulfone groups is 1. The maximum absolute atomic E-state index is 11.8. The van der Waals surface area contributed by atoms with Gasteiger partial charge in [-0.25, -0.2) is 8.42 Å². The van der Waals surface area contributed by atoms with Crippen LogP contribution in [-0.4, -0.2) is 15.0 Å². The molecular formula is C10H12N2O2S. The average Bonchev–Trinajstić information content (AvgIpc) is 2.50. The zero-order valence-electron chi connectivity index (χ0n) is 8.10. The van der Waals surface area contributed by atoms with Crippen LogP contribution >= 0.6 is 0 Å². The summed E-state index contributed by atoms with van der Waals surface area (Å²) in [6.45, 7) is 0.439. The SMILES string of the molecule is NCC1=CS(=O)(=O)c2c(CN)cccc21. The Hall–Kier alpha value is -1.17. The fraction of sp³-hybridized carbons (Fsp3) is 0.200. The van der Waals surface area contributed by atoms with E-state index >= 15 is 0 Å². The quantitative estimate of drug-likeness (QED) is 0.753. The zero-order chi connectivity index (χ0) is 11.1. The van der Waals surface area contributed by atoms with E-state index < -0.39 is 9.84 Å². The second-order valence-corrected chi connectivity index (χ2v) is 5.12. The van der Waals surface area contributed by atoms with Crippen molar-refractivity contribution in [3.63, 3.8) is 0 Å². The van der Waals surface area contributed by atoms with E-state index in [-0.39, 0.29) is 13.1 Å². The van der Waals surface area contributed by atoms with Crippen molar-refractivity contribution < 1.29 is 8.42 Å². The largest absolute Gasteiger partial charge is 0.326 e. The van der Waals surface area contributed by atoms with Gasteiger partial charge >= 0.3 is 0 Å². The molecular weight excluding hydrogens is 212 g/mol. The van der Waals surface area contributed by atoms with E-state index in [1.807, 2.05) is 0 Å². The number of hydrogen-bond acceptors (Lipinski definition) is 4. The highest BCUT2D eigenvalue weighted by Crippen LogP contribution is 2.34. The zero-order valence-corrected chi connectivity index (χ0v) is 8.92. The molecule has 15 heavy (non-hydrogen) atoms. The third-order valence-corrected chi connectivity index (χ3v) is 4.11. The Kier molecular flexibility index (Phi) is 2.38. The molecule has 4 N–H and O–H groups in total. The maximum atomic E-state index is 11.8. The highest BCUT2D eigenvalue weighted by molar-refractivity contribution is 7.95. The third-order valence-electron chi connectivity index (χ3n) is 2.46. The summed E-state index contributed by atoms with van der Waals surface area (Å²) in [5.41, 5.74) is 13.0. The Morgan fingerprint density at radius 1 is 1.13 bits per heavy atom. The molecule has 80 valence electrons. The minimum absolute atomic E-state index is 0.216. The lowest BCUT2D eigenvalue weighted by atomic mass is 10.0. The van der Waals surface area contributed by atoms with Gasteiger partial charge in [0, 0.05) is 18.5 Å². The second kappa shape index (κ2) is 3.44. The van der Waals surface area contributed by atoms with Gasteiger partial charge in [-0.05, 0) is 16.7 Å². The van der Waals surface area contributed by atoms with Gasteiger partial charge in [0.2, 0.25) is 9.84 Å². The molecule has 2 rings (SSSR count). The number of benzene rings is 1. The van der Waals surface area contributed by atoms with E-state index in [4.69, 9.17) is 11.5 Å². The van der Waals surface area contributed by atoms with Gasteiger partial charge in [-0.3, -0.25) is 0 Å². The number of fused-ring (bicyclic) bond motifs is 1. The molecule has 0 fully saturated rings. The van der Waals surface area contributed by atoms with Gasteiger partial charge in [0.1, 0.15) is 0 Å². The van der Waals surface area contributed by atoms with Crippen molar-refractivity contribution >= 4 is 15.4 Å². The van der Waals surface area contributed by atoms with Crippen LogP contribution in [0.5, 0.6) is 0 Å². The fourth-order valence-electron chi connectivity index (χ4n) is 1.80. The van der Waals surface area contributed by atoms with Crippen LogP contribution in [0.1, 0.15) is 11.1 Å². The van der Waals surface area contributed by atoms with Crippen molar-refractivity contribution in [1.82, 2.24) is 0 Å². The fourth-order valence-corrected chi connectivity index (χ4v) is 3.54. The lowest BCUT2D eigenvalue weighted by molar-refractivity contribution is 0.604. The summed E-state index contributed by atoms with van der Waals surface area (Å²) in [7, 11) is -3.33. The predicted molar refractivity (Wildman–Crippen MR) is 58.6 cm³/mol. The van der Waals surface area contributed by atoms with Crippen molar-refractivity contribution in [2.75, 3.05) is 6.54 Å². The van der Waals surface area contributed by atoms with Crippen LogP contribution in [0.25, 0.3) is 5.57 Å². The minimum atomic E-state index is -3.33. The van der Waals surface area contributed by atoms with E-state index in [0.29, 0.717) is 21.6 Å². The van der Waals surface area contributed by atoms with Gasteiger partial charge in [0.25, 0.3) is 0 Å². The second-order valence-electron chi connectivity index (χ2n) is 3.39. The van der Waals surface area contributed by atoms with Gasteiger partial charge in [-0.15, -0.1) is 0 Å². The topological polar surface area (TPSA) is 86.2 Å². The first kappa shape index (κ1) is 10.4. The van der Waals surface area contributed by atoms with E-state index in [1.165, 1.54) is 5.41 Å². The summed E-state index contributed by atoms with van der Waals surface area (Å²) in [6.07, 6.45) is 0. The standard InChI is InChI=1S/C10H12N2O2S/c11-4-7-2-1-3-9-8(5-12)6-15(13,14)10(7)9/h1-3,6H,4-5,11-12H2. The minimum Gasteiger partial charge on any atom is -0.326 e. The van der Waals surface area contributed by atoms with E-state index in [2.05, 4.69) is 0 Å². The summed E-state index contributed by atoms with van der Waals surface area (Å²) >= 11 is 0. The first-order valence-electron chi connectivity index (χ1n) is 4.58. The molecule has 0 saturated heterocycles. The highest BCUT2D eigenvalue weighted by atomic mass is 32.2. The van der Waals surface area contributed by atoms with E-state index in [9.17, 15) is 8.42 Å². The smallest absolute Gasteiger partial charge is 0.201 e. The summed E-state index contributed by atoms with van der Waals surface area (Å²) in [5.74, 6) is 0. The van der Waals surface area contributed by atoms with Crippen molar-refractivity contribution in [2.45, 2.75) is 11.4 Å². The highest BCUT2D eigenvalue weighted by Gasteiger charge is 2.28. The van der Waals surface area contributed by atoms with Crippen LogP contribution in [0.4, 0.5) is 0 Å². The molecule has 1 aliphatic rings. The van der Waals surface area contributed by atoms with Crippen LogP contribution in [0.3, 0.4) is 0 Å². The number of nitrogens with two attached hydrogens (primary N) is 2. The molecule has 1 aromatic carbocycles. The third kappa shape index (κ3) is 1.49. The van der Waals surface area contributed by atoms with Crippen molar-refractivity contribution in [2.24, 2.45) is 11.5 Å².